The van der Waals surface area contributed by atoms with Crippen molar-refractivity contribution in [3.8, 4) is 0 Å². The number of rotatable bonds is 4. The summed E-state index contributed by atoms with van der Waals surface area (Å²) in [6, 6.07) is 8.82. The maximum absolute atomic E-state index is 11.5. The Bertz CT molecular complexity index is 351. The van der Waals surface area contributed by atoms with Gasteiger partial charge in [0.1, 0.15) is 6.61 Å². The van der Waals surface area contributed by atoms with Crippen LogP contribution in [0.2, 0.25) is 0 Å². The van der Waals surface area contributed by atoms with Crippen molar-refractivity contribution in [3.63, 3.8) is 0 Å². The highest BCUT2D eigenvalue weighted by Crippen LogP contribution is 2.03. The molecule has 0 radical (unpaired) electrons. The molecule has 15 heavy (non-hydrogen) atoms. The molecule has 4 heteroatoms. The first-order chi connectivity index (χ1) is 7.11. The van der Waals surface area contributed by atoms with Gasteiger partial charge in [-0.05, 0) is 12.1 Å². The van der Waals surface area contributed by atoms with Gasteiger partial charge in [0, 0.05) is 5.92 Å². The van der Waals surface area contributed by atoms with E-state index in [2.05, 4.69) is 0 Å². The maximum Gasteiger partial charge on any atom is 0.338 e. The molecule has 0 aliphatic carbocycles. The third kappa shape index (κ3) is 3.67. The lowest BCUT2D eigenvalue weighted by Gasteiger charge is -2.10. The molecular formula is C11H13NO2S. The highest BCUT2D eigenvalue weighted by molar-refractivity contribution is 7.80. The first-order valence-corrected chi connectivity index (χ1v) is 5.03. The second-order valence-corrected chi connectivity index (χ2v) is 3.74. The first kappa shape index (κ1) is 11.7. The highest BCUT2D eigenvalue weighted by atomic mass is 32.1. The summed E-state index contributed by atoms with van der Waals surface area (Å²) in [4.78, 5) is 11.8. The number of benzene rings is 1. The predicted octanol–water partition coefficient (Wildman–Crippen LogP) is 1.77. The fourth-order valence-corrected chi connectivity index (χ4v) is 1.01. The van der Waals surface area contributed by atoms with Crippen LogP contribution >= 0.6 is 12.2 Å². The molecule has 0 bridgehead atoms. The number of hydrogen-bond donors (Lipinski definition) is 1. The molecule has 80 valence electrons. The molecule has 1 aromatic carbocycles. The van der Waals surface area contributed by atoms with Crippen LogP contribution in [0, 0.1) is 5.92 Å². The molecule has 0 saturated carbocycles. The number of carbonyl (C=O) groups is 1. The van der Waals surface area contributed by atoms with Gasteiger partial charge >= 0.3 is 5.97 Å². The second kappa shape index (κ2) is 5.46. The van der Waals surface area contributed by atoms with Crippen LogP contribution < -0.4 is 5.73 Å². The lowest BCUT2D eigenvalue weighted by Crippen LogP contribution is -2.24. The smallest absolute Gasteiger partial charge is 0.338 e. The predicted molar refractivity (Wildman–Crippen MR) is 62.7 cm³/mol. The Morgan fingerprint density at radius 2 is 2.07 bits per heavy atom. The Morgan fingerprint density at radius 1 is 1.47 bits per heavy atom. The van der Waals surface area contributed by atoms with Crippen LogP contribution in [0.4, 0.5) is 0 Å². The van der Waals surface area contributed by atoms with Gasteiger partial charge in [0.05, 0.1) is 10.6 Å². The minimum Gasteiger partial charge on any atom is -0.461 e. The Morgan fingerprint density at radius 3 is 2.60 bits per heavy atom. The summed E-state index contributed by atoms with van der Waals surface area (Å²) in [5, 5.41) is 0. The molecule has 1 rings (SSSR count). The van der Waals surface area contributed by atoms with Crippen LogP contribution in [0.5, 0.6) is 0 Å². The summed E-state index contributed by atoms with van der Waals surface area (Å²) < 4.78 is 5.04. The summed E-state index contributed by atoms with van der Waals surface area (Å²) in [6.45, 7) is 2.05. The third-order valence-corrected chi connectivity index (χ3v) is 2.36. The van der Waals surface area contributed by atoms with Gasteiger partial charge in [0.25, 0.3) is 0 Å². The quantitative estimate of drug-likeness (QED) is 0.624. The summed E-state index contributed by atoms with van der Waals surface area (Å²) >= 11 is 4.77. The largest absolute Gasteiger partial charge is 0.461 e. The Balaban J connectivity index is 2.47. The van der Waals surface area contributed by atoms with Crippen LogP contribution in [0.3, 0.4) is 0 Å². The van der Waals surface area contributed by atoms with E-state index in [9.17, 15) is 4.79 Å². The summed E-state index contributed by atoms with van der Waals surface area (Å²) in [7, 11) is 0. The zero-order chi connectivity index (χ0) is 11.3. The van der Waals surface area contributed by atoms with Crippen molar-refractivity contribution in [2.75, 3.05) is 6.61 Å². The normalized spacial score (nSPS) is 11.8. The van der Waals surface area contributed by atoms with E-state index < -0.39 is 0 Å². The average molecular weight is 223 g/mol. The SMILES string of the molecule is CC(COC(=O)c1ccccc1)C(N)=S. The average Bonchev–Trinajstić information content (AvgIpc) is 2.26. The number of carbonyl (C=O) groups excluding carboxylic acids is 1. The molecule has 0 aliphatic heterocycles. The monoisotopic (exact) mass is 223 g/mol. The topological polar surface area (TPSA) is 52.3 Å². The molecule has 0 fully saturated rings. The summed E-state index contributed by atoms with van der Waals surface area (Å²) in [5.41, 5.74) is 5.94. The number of nitrogens with two attached hydrogens (primary N) is 1. The van der Waals surface area contributed by atoms with Crippen molar-refractivity contribution in [1.29, 1.82) is 0 Å². The van der Waals surface area contributed by atoms with Gasteiger partial charge in [-0.15, -0.1) is 0 Å². The molecule has 3 nitrogen and oxygen atoms in total. The standard InChI is InChI=1S/C11H13NO2S/c1-8(10(12)15)7-14-11(13)9-5-3-2-4-6-9/h2-6,8H,7H2,1H3,(H2,12,15). The second-order valence-electron chi connectivity index (χ2n) is 3.27. The van der Waals surface area contributed by atoms with Crippen molar-refractivity contribution in [1.82, 2.24) is 0 Å². The molecule has 0 spiro atoms. The molecule has 2 N–H and O–H groups in total. The van der Waals surface area contributed by atoms with E-state index in [-0.39, 0.29) is 18.5 Å². The van der Waals surface area contributed by atoms with Crippen LogP contribution in [-0.2, 0) is 4.74 Å². The zero-order valence-electron chi connectivity index (χ0n) is 8.47. The van der Waals surface area contributed by atoms with E-state index >= 15 is 0 Å². The summed E-state index contributed by atoms with van der Waals surface area (Å²) in [6.07, 6.45) is 0. The van der Waals surface area contributed by atoms with Gasteiger partial charge in [0.15, 0.2) is 0 Å². The lowest BCUT2D eigenvalue weighted by molar-refractivity contribution is 0.0481. The van der Waals surface area contributed by atoms with Gasteiger partial charge in [0.2, 0.25) is 0 Å². The lowest BCUT2D eigenvalue weighted by atomic mass is 10.2. The van der Waals surface area contributed by atoms with Crippen LogP contribution in [0.1, 0.15) is 17.3 Å². The van der Waals surface area contributed by atoms with Gasteiger partial charge < -0.3 is 10.5 Å². The maximum atomic E-state index is 11.5. The Hall–Kier alpha value is -1.42. The third-order valence-electron chi connectivity index (χ3n) is 1.96. The molecule has 1 aromatic rings. The van der Waals surface area contributed by atoms with E-state index in [4.69, 9.17) is 22.7 Å². The fourth-order valence-electron chi connectivity index (χ4n) is 0.940. The van der Waals surface area contributed by atoms with Crippen molar-refractivity contribution in [2.45, 2.75) is 6.92 Å². The first-order valence-electron chi connectivity index (χ1n) is 4.62. The Kier molecular flexibility index (Phi) is 4.24. The molecule has 0 aliphatic rings. The number of esters is 1. The molecule has 1 unspecified atom stereocenters. The van der Waals surface area contributed by atoms with E-state index in [1.807, 2.05) is 13.0 Å². The van der Waals surface area contributed by atoms with Crippen molar-refractivity contribution < 1.29 is 9.53 Å². The minimum atomic E-state index is -0.348. The summed E-state index contributed by atoms with van der Waals surface area (Å²) in [5.74, 6) is -0.439. The van der Waals surface area contributed by atoms with Crippen molar-refractivity contribution in [3.05, 3.63) is 35.9 Å². The van der Waals surface area contributed by atoms with Crippen LogP contribution in [0.25, 0.3) is 0 Å². The van der Waals surface area contributed by atoms with E-state index in [1.165, 1.54) is 0 Å². The Labute approximate surface area is 94.2 Å². The molecule has 1 atom stereocenters. The van der Waals surface area contributed by atoms with Gasteiger partial charge in [-0.3, -0.25) is 0 Å². The van der Waals surface area contributed by atoms with Crippen molar-refractivity contribution in [2.24, 2.45) is 11.7 Å². The van der Waals surface area contributed by atoms with E-state index in [0.29, 0.717) is 10.6 Å². The van der Waals surface area contributed by atoms with E-state index in [1.54, 1.807) is 24.3 Å². The van der Waals surface area contributed by atoms with Crippen LogP contribution in [-0.4, -0.2) is 17.6 Å². The fraction of sp³-hybridized carbons (Fsp3) is 0.273. The van der Waals surface area contributed by atoms with E-state index in [0.717, 1.165) is 0 Å². The number of hydrogen-bond acceptors (Lipinski definition) is 3. The molecule has 0 amide bonds. The molecule has 0 heterocycles. The van der Waals surface area contributed by atoms with Crippen molar-refractivity contribution >= 4 is 23.2 Å². The minimum absolute atomic E-state index is 0.0901. The molecular weight excluding hydrogens is 210 g/mol. The van der Waals surface area contributed by atoms with Crippen LogP contribution in [0.15, 0.2) is 30.3 Å². The number of ether oxygens (including phenoxy) is 1. The zero-order valence-corrected chi connectivity index (χ0v) is 9.29. The molecule has 0 saturated heterocycles. The molecule has 0 aromatic heterocycles. The highest BCUT2D eigenvalue weighted by Gasteiger charge is 2.10. The van der Waals surface area contributed by atoms with Gasteiger partial charge in [-0.25, -0.2) is 4.79 Å². The van der Waals surface area contributed by atoms with Gasteiger partial charge in [-0.2, -0.15) is 0 Å². The van der Waals surface area contributed by atoms with Gasteiger partial charge in [-0.1, -0.05) is 37.3 Å². The number of thiocarbonyl (C=S) groups is 1.